The lowest BCUT2D eigenvalue weighted by molar-refractivity contribution is -0.146. The molecule has 0 radical (unpaired) electrons. The largest absolute Gasteiger partial charge is 0.494 e. The van der Waals surface area contributed by atoms with E-state index in [2.05, 4.69) is 17.6 Å². The Kier molecular flexibility index (Phi) is 9.62. The van der Waals surface area contributed by atoms with Crippen molar-refractivity contribution in [2.75, 3.05) is 23.8 Å². The SMILES string of the molecule is CCCCOc1ccc(NC(=O)COC(=O)c2ccc(NC(=O)C3CC=CCC3C(=O)O)cc2)cc1. The molecule has 1 aliphatic carbocycles. The molecule has 2 unspecified atom stereocenters. The predicted molar refractivity (Wildman–Crippen MR) is 134 cm³/mol. The van der Waals surface area contributed by atoms with Crippen LogP contribution in [-0.2, 0) is 19.1 Å². The van der Waals surface area contributed by atoms with Crippen LogP contribution >= 0.6 is 0 Å². The van der Waals surface area contributed by atoms with E-state index in [4.69, 9.17) is 9.47 Å². The van der Waals surface area contributed by atoms with Crippen molar-refractivity contribution in [1.82, 2.24) is 0 Å². The molecule has 2 atom stereocenters. The average molecular weight is 495 g/mol. The van der Waals surface area contributed by atoms with Crippen LogP contribution in [-0.4, -0.2) is 42.1 Å². The Hall–Kier alpha value is -4.14. The molecule has 9 heteroatoms. The molecule has 0 bridgehead atoms. The minimum Gasteiger partial charge on any atom is -0.494 e. The highest BCUT2D eigenvalue weighted by Gasteiger charge is 2.33. The van der Waals surface area contributed by atoms with E-state index in [1.54, 1.807) is 36.4 Å². The molecule has 190 valence electrons. The number of hydrogen-bond acceptors (Lipinski definition) is 6. The van der Waals surface area contributed by atoms with Gasteiger partial charge in [0.05, 0.1) is 24.0 Å². The standard InChI is InChI=1S/C27H30N2O7/c1-2-3-16-35-21-14-12-19(13-15-21)28-24(30)17-36-27(34)18-8-10-20(11-9-18)29-25(31)22-6-4-5-7-23(22)26(32)33/h4-5,8-15,22-23H,2-3,6-7,16-17H2,1H3,(H,28,30)(H,29,31)(H,32,33). The van der Waals surface area contributed by atoms with Gasteiger partial charge in [0, 0.05) is 11.4 Å². The van der Waals surface area contributed by atoms with Gasteiger partial charge < -0.3 is 25.2 Å². The maximum atomic E-state index is 12.6. The first-order valence-corrected chi connectivity index (χ1v) is 11.9. The van der Waals surface area contributed by atoms with Crippen LogP contribution in [0, 0.1) is 11.8 Å². The van der Waals surface area contributed by atoms with Crippen molar-refractivity contribution in [2.24, 2.45) is 11.8 Å². The van der Waals surface area contributed by atoms with E-state index in [0.717, 1.165) is 12.8 Å². The number of carbonyl (C=O) groups is 4. The molecule has 0 aromatic heterocycles. The number of aliphatic carboxylic acids is 1. The summed E-state index contributed by atoms with van der Waals surface area (Å²) in [5, 5.41) is 14.7. The van der Waals surface area contributed by atoms with Gasteiger partial charge >= 0.3 is 11.9 Å². The molecular formula is C27H30N2O7. The Bertz CT molecular complexity index is 1090. The average Bonchev–Trinajstić information content (AvgIpc) is 2.89. The van der Waals surface area contributed by atoms with Crippen LogP contribution < -0.4 is 15.4 Å². The van der Waals surface area contributed by atoms with Crippen molar-refractivity contribution in [2.45, 2.75) is 32.6 Å². The molecule has 0 aliphatic heterocycles. The molecule has 2 amide bonds. The number of hydrogen-bond donors (Lipinski definition) is 3. The van der Waals surface area contributed by atoms with Gasteiger partial charge in [0.25, 0.3) is 5.91 Å². The molecular weight excluding hydrogens is 464 g/mol. The van der Waals surface area contributed by atoms with Gasteiger partial charge in [-0.2, -0.15) is 0 Å². The summed E-state index contributed by atoms with van der Waals surface area (Å²) in [5.41, 5.74) is 1.19. The summed E-state index contributed by atoms with van der Waals surface area (Å²) >= 11 is 0. The molecule has 0 saturated carbocycles. The summed E-state index contributed by atoms with van der Waals surface area (Å²) in [6, 6.07) is 12.9. The third-order valence-electron chi connectivity index (χ3n) is 5.71. The third kappa shape index (κ3) is 7.69. The number of amides is 2. The Labute approximate surface area is 209 Å². The quantitative estimate of drug-likeness (QED) is 0.242. The van der Waals surface area contributed by atoms with E-state index < -0.39 is 36.3 Å². The molecule has 3 rings (SSSR count). The highest BCUT2D eigenvalue weighted by molar-refractivity contribution is 5.97. The van der Waals surface area contributed by atoms with Crippen molar-refractivity contribution >= 4 is 35.1 Å². The maximum absolute atomic E-state index is 12.6. The van der Waals surface area contributed by atoms with Crippen molar-refractivity contribution in [3.8, 4) is 5.75 Å². The molecule has 2 aromatic carbocycles. The third-order valence-corrected chi connectivity index (χ3v) is 5.71. The summed E-state index contributed by atoms with van der Waals surface area (Å²) in [4.78, 5) is 48.4. The van der Waals surface area contributed by atoms with Gasteiger partial charge in [-0.25, -0.2) is 4.79 Å². The first-order valence-electron chi connectivity index (χ1n) is 11.9. The monoisotopic (exact) mass is 494 g/mol. The first-order chi connectivity index (χ1) is 17.4. The number of nitrogens with one attached hydrogen (secondary N) is 2. The second-order valence-corrected chi connectivity index (χ2v) is 8.41. The van der Waals surface area contributed by atoms with Crippen molar-refractivity contribution < 1.29 is 33.8 Å². The maximum Gasteiger partial charge on any atom is 0.338 e. The smallest absolute Gasteiger partial charge is 0.338 e. The molecule has 0 fully saturated rings. The number of allylic oxidation sites excluding steroid dienone is 2. The fourth-order valence-electron chi connectivity index (χ4n) is 3.68. The van der Waals surface area contributed by atoms with E-state index in [1.807, 2.05) is 0 Å². The summed E-state index contributed by atoms with van der Waals surface area (Å²) in [6.45, 7) is 2.26. The number of ether oxygens (including phenoxy) is 2. The summed E-state index contributed by atoms with van der Waals surface area (Å²) < 4.78 is 10.6. The van der Waals surface area contributed by atoms with Gasteiger partial charge in [-0.1, -0.05) is 25.5 Å². The molecule has 1 aliphatic rings. The second kappa shape index (κ2) is 13.1. The number of unbranched alkanes of at least 4 members (excludes halogenated alkanes) is 1. The van der Waals surface area contributed by atoms with E-state index in [0.29, 0.717) is 36.6 Å². The first kappa shape index (κ1) is 26.5. The van der Waals surface area contributed by atoms with Crippen LogP contribution in [0.25, 0.3) is 0 Å². The van der Waals surface area contributed by atoms with Gasteiger partial charge in [-0.15, -0.1) is 0 Å². The van der Waals surface area contributed by atoms with Crippen molar-refractivity contribution in [1.29, 1.82) is 0 Å². The highest BCUT2D eigenvalue weighted by Crippen LogP contribution is 2.27. The molecule has 3 N–H and O–H groups in total. The number of esters is 1. The van der Waals surface area contributed by atoms with Crippen LogP contribution in [0.3, 0.4) is 0 Å². The summed E-state index contributed by atoms with van der Waals surface area (Å²) in [5.74, 6) is -3.29. The second-order valence-electron chi connectivity index (χ2n) is 8.41. The zero-order chi connectivity index (χ0) is 25.9. The fraction of sp³-hybridized carbons (Fsp3) is 0.333. The minimum atomic E-state index is -1.00. The van der Waals surface area contributed by atoms with Gasteiger partial charge in [0.1, 0.15) is 5.75 Å². The van der Waals surface area contributed by atoms with E-state index in [-0.39, 0.29) is 11.5 Å². The number of carboxylic acids is 1. The van der Waals surface area contributed by atoms with Gasteiger partial charge in [0.2, 0.25) is 5.91 Å². The molecule has 0 spiro atoms. The number of anilines is 2. The lowest BCUT2D eigenvalue weighted by atomic mass is 9.82. The van der Waals surface area contributed by atoms with E-state index in [9.17, 15) is 24.3 Å². The molecule has 0 saturated heterocycles. The van der Waals surface area contributed by atoms with Crippen molar-refractivity contribution in [3.63, 3.8) is 0 Å². The Morgan fingerprint density at radius 1 is 0.889 bits per heavy atom. The molecule has 0 heterocycles. The Morgan fingerprint density at radius 3 is 2.14 bits per heavy atom. The summed E-state index contributed by atoms with van der Waals surface area (Å²) in [7, 11) is 0. The Morgan fingerprint density at radius 2 is 1.50 bits per heavy atom. The molecule has 9 nitrogen and oxygen atoms in total. The van der Waals surface area contributed by atoms with Crippen LogP contribution in [0.15, 0.2) is 60.7 Å². The number of carboxylic acid groups (broad SMARTS) is 1. The van der Waals surface area contributed by atoms with Crippen molar-refractivity contribution in [3.05, 3.63) is 66.2 Å². The number of rotatable bonds is 11. The van der Waals surface area contributed by atoms with Gasteiger partial charge in [-0.05, 0) is 67.8 Å². The van der Waals surface area contributed by atoms with E-state index in [1.165, 1.54) is 24.3 Å². The van der Waals surface area contributed by atoms with Gasteiger partial charge in [0.15, 0.2) is 6.61 Å². The highest BCUT2D eigenvalue weighted by atomic mass is 16.5. The predicted octanol–water partition coefficient (Wildman–Crippen LogP) is 4.27. The van der Waals surface area contributed by atoms with Crippen LogP contribution in [0.2, 0.25) is 0 Å². The normalized spacial score (nSPS) is 16.6. The molecule has 36 heavy (non-hydrogen) atoms. The number of benzene rings is 2. The fourth-order valence-corrected chi connectivity index (χ4v) is 3.68. The minimum absolute atomic E-state index is 0.207. The van der Waals surface area contributed by atoms with Crippen LogP contribution in [0.4, 0.5) is 11.4 Å². The zero-order valence-electron chi connectivity index (χ0n) is 20.1. The molecule has 2 aromatic rings. The summed E-state index contributed by atoms with van der Waals surface area (Å²) in [6.07, 6.45) is 6.24. The topological polar surface area (TPSA) is 131 Å². The Balaban J connectivity index is 1.45. The lowest BCUT2D eigenvalue weighted by Gasteiger charge is -2.24. The van der Waals surface area contributed by atoms with Gasteiger partial charge in [-0.3, -0.25) is 14.4 Å². The number of carbonyl (C=O) groups excluding carboxylic acids is 3. The van der Waals surface area contributed by atoms with Crippen LogP contribution in [0.1, 0.15) is 43.0 Å². The zero-order valence-corrected chi connectivity index (χ0v) is 20.1. The lowest BCUT2D eigenvalue weighted by Crippen LogP contribution is -2.34. The van der Waals surface area contributed by atoms with E-state index >= 15 is 0 Å². The van der Waals surface area contributed by atoms with Crippen LogP contribution in [0.5, 0.6) is 5.75 Å².